The van der Waals surface area contributed by atoms with E-state index in [1.165, 1.54) is 6.33 Å². The number of halogens is 1. The quantitative estimate of drug-likeness (QED) is 0.685. The minimum atomic E-state index is -0.329. The van der Waals surface area contributed by atoms with Gasteiger partial charge in [0.05, 0.1) is 11.1 Å². The van der Waals surface area contributed by atoms with Gasteiger partial charge in [0, 0.05) is 17.5 Å². The molecule has 7 nitrogen and oxygen atoms in total. The number of ether oxygens (including phenoxy) is 1. The molecular weight excluding hydrogens is 318 g/mol. The van der Waals surface area contributed by atoms with Gasteiger partial charge < -0.3 is 15.0 Å². The van der Waals surface area contributed by atoms with Crippen molar-refractivity contribution in [1.29, 1.82) is 0 Å². The molecule has 23 heavy (non-hydrogen) atoms. The Balaban J connectivity index is 1.58. The maximum absolute atomic E-state index is 12.6. The summed E-state index contributed by atoms with van der Waals surface area (Å²) in [6.45, 7) is 0.552. The number of carbonyl (C=O) groups excluding carboxylic acids is 1. The van der Waals surface area contributed by atoms with Crippen LogP contribution in [-0.4, -0.2) is 38.7 Å². The third-order valence-electron chi connectivity index (χ3n) is 3.98. The molecule has 3 aromatic rings. The summed E-state index contributed by atoms with van der Waals surface area (Å²) in [6, 6.07) is 7.35. The Morgan fingerprint density at radius 1 is 1.39 bits per heavy atom. The lowest BCUT2D eigenvalue weighted by Gasteiger charge is -2.17. The van der Waals surface area contributed by atoms with Gasteiger partial charge in [0.15, 0.2) is 5.82 Å². The Hall–Kier alpha value is -2.38. The number of hydrogen-bond donors (Lipinski definition) is 3. The predicted octanol–water partition coefficient (Wildman–Crippen LogP) is 2.20. The van der Waals surface area contributed by atoms with Crippen LogP contribution in [0, 0.1) is 0 Å². The van der Waals surface area contributed by atoms with Crippen LogP contribution in [-0.2, 0) is 4.74 Å². The van der Waals surface area contributed by atoms with Crippen LogP contribution >= 0.6 is 11.6 Å². The normalized spacial score (nSPS) is 20.9. The summed E-state index contributed by atoms with van der Waals surface area (Å²) < 4.78 is 5.64. The molecule has 0 radical (unpaired) electrons. The summed E-state index contributed by atoms with van der Waals surface area (Å²) in [5.41, 5.74) is 1.19. The van der Waals surface area contributed by atoms with E-state index in [4.69, 9.17) is 16.3 Å². The molecule has 3 heterocycles. The fourth-order valence-corrected chi connectivity index (χ4v) is 3.16. The molecule has 0 unspecified atom stereocenters. The highest BCUT2D eigenvalue weighted by molar-refractivity contribution is 6.38. The number of H-pyrrole nitrogens is 2. The van der Waals surface area contributed by atoms with Gasteiger partial charge >= 0.3 is 0 Å². The number of benzene rings is 1. The van der Waals surface area contributed by atoms with Crippen molar-refractivity contribution in [3.63, 3.8) is 0 Å². The summed E-state index contributed by atoms with van der Waals surface area (Å²) in [6.07, 6.45) is 1.80. The van der Waals surface area contributed by atoms with Crippen LogP contribution in [0.5, 0.6) is 0 Å². The van der Waals surface area contributed by atoms with Gasteiger partial charge in [-0.25, -0.2) is 4.98 Å². The lowest BCUT2D eigenvalue weighted by molar-refractivity contribution is 0.0789. The molecule has 1 amide bonds. The molecule has 4 rings (SSSR count). The van der Waals surface area contributed by atoms with Crippen molar-refractivity contribution in [1.82, 2.24) is 25.5 Å². The third kappa shape index (κ3) is 2.47. The summed E-state index contributed by atoms with van der Waals surface area (Å²) in [7, 11) is 0. The van der Waals surface area contributed by atoms with E-state index in [0.717, 1.165) is 10.9 Å². The topological polar surface area (TPSA) is 95.7 Å². The summed E-state index contributed by atoms with van der Waals surface area (Å²) >= 11 is 6.32. The van der Waals surface area contributed by atoms with E-state index < -0.39 is 0 Å². The van der Waals surface area contributed by atoms with Gasteiger partial charge in [0.2, 0.25) is 0 Å². The number of amides is 1. The second-order valence-corrected chi connectivity index (χ2v) is 5.77. The van der Waals surface area contributed by atoms with Crippen molar-refractivity contribution in [3.8, 4) is 0 Å². The van der Waals surface area contributed by atoms with Gasteiger partial charge in [-0.3, -0.25) is 9.89 Å². The first-order valence-electron chi connectivity index (χ1n) is 7.28. The number of aromatic amines is 2. The molecule has 1 aliphatic rings. The molecule has 2 atom stereocenters. The predicted molar refractivity (Wildman–Crippen MR) is 84.3 cm³/mol. The van der Waals surface area contributed by atoms with E-state index in [1.54, 1.807) is 0 Å². The Kier molecular flexibility index (Phi) is 3.51. The van der Waals surface area contributed by atoms with Gasteiger partial charge in [0.1, 0.15) is 18.1 Å². The smallest absolute Gasteiger partial charge is 0.269 e. The van der Waals surface area contributed by atoms with Crippen molar-refractivity contribution in [2.24, 2.45) is 0 Å². The van der Waals surface area contributed by atoms with Gasteiger partial charge in [-0.15, -0.1) is 0 Å². The van der Waals surface area contributed by atoms with Gasteiger partial charge in [-0.1, -0.05) is 29.8 Å². The van der Waals surface area contributed by atoms with Gasteiger partial charge in [0.25, 0.3) is 5.91 Å². The van der Waals surface area contributed by atoms with E-state index in [0.29, 0.717) is 29.6 Å². The van der Waals surface area contributed by atoms with Crippen LogP contribution in [0.25, 0.3) is 10.9 Å². The molecule has 0 saturated carbocycles. The van der Waals surface area contributed by atoms with E-state index >= 15 is 0 Å². The third-order valence-corrected chi connectivity index (χ3v) is 4.37. The minimum absolute atomic E-state index is 0.182. The Morgan fingerprint density at radius 3 is 3.04 bits per heavy atom. The molecule has 3 N–H and O–H groups in total. The average molecular weight is 332 g/mol. The second-order valence-electron chi connectivity index (χ2n) is 5.39. The lowest BCUT2D eigenvalue weighted by atomic mass is 10.1. The number of para-hydroxylation sites is 1. The highest BCUT2D eigenvalue weighted by Crippen LogP contribution is 2.29. The zero-order valence-corrected chi connectivity index (χ0v) is 12.8. The van der Waals surface area contributed by atoms with Crippen molar-refractivity contribution < 1.29 is 9.53 Å². The lowest BCUT2D eigenvalue weighted by Crippen LogP contribution is -2.37. The van der Waals surface area contributed by atoms with Crippen LogP contribution in [0.1, 0.15) is 28.8 Å². The zero-order valence-electron chi connectivity index (χ0n) is 12.0. The van der Waals surface area contributed by atoms with Crippen molar-refractivity contribution in [3.05, 3.63) is 47.1 Å². The largest absolute Gasteiger partial charge is 0.368 e. The number of aromatic nitrogens is 4. The van der Waals surface area contributed by atoms with Gasteiger partial charge in [-0.2, -0.15) is 5.10 Å². The maximum atomic E-state index is 12.6. The number of carbonyl (C=O) groups is 1. The molecule has 2 aromatic heterocycles. The highest BCUT2D eigenvalue weighted by atomic mass is 35.5. The summed E-state index contributed by atoms with van der Waals surface area (Å²) in [4.78, 5) is 19.7. The number of nitrogens with zero attached hydrogens (tertiary/aromatic N) is 2. The van der Waals surface area contributed by atoms with Crippen LogP contribution in [0.15, 0.2) is 30.6 Å². The SMILES string of the molecule is O=C(N[C@H]1CCO[C@H]1c1ncn[nH]1)c1[nH]c2ccccc2c1Cl. The molecule has 1 fully saturated rings. The molecule has 0 aliphatic carbocycles. The van der Waals surface area contributed by atoms with Crippen LogP contribution in [0.4, 0.5) is 0 Å². The molecule has 1 saturated heterocycles. The van der Waals surface area contributed by atoms with Crippen molar-refractivity contribution in [2.75, 3.05) is 6.61 Å². The second kappa shape index (κ2) is 5.68. The molecule has 118 valence electrons. The first-order chi connectivity index (χ1) is 11.2. The minimum Gasteiger partial charge on any atom is -0.368 e. The molecule has 1 aromatic carbocycles. The number of nitrogens with one attached hydrogen (secondary N) is 3. The molecule has 0 bridgehead atoms. The summed E-state index contributed by atoms with van der Waals surface area (Å²) in [5.74, 6) is 0.349. The zero-order chi connectivity index (χ0) is 15.8. The number of fused-ring (bicyclic) bond motifs is 1. The van der Waals surface area contributed by atoms with E-state index in [2.05, 4.69) is 25.5 Å². The average Bonchev–Trinajstić information content (AvgIpc) is 3.27. The number of rotatable bonds is 3. The highest BCUT2D eigenvalue weighted by Gasteiger charge is 2.33. The van der Waals surface area contributed by atoms with E-state index in [9.17, 15) is 4.79 Å². The van der Waals surface area contributed by atoms with Crippen LogP contribution in [0.2, 0.25) is 5.02 Å². The first-order valence-corrected chi connectivity index (χ1v) is 7.66. The Morgan fingerprint density at radius 2 is 2.26 bits per heavy atom. The fraction of sp³-hybridized carbons (Fsp3) is 0.267. The molecule has 1 aliphatic heterocycles. The standard InChI is InChI=1S/C15H14ClN5O2/c16-11-8-3-1-2-4-9(8)19-12(11)15(22)20-10-5-6-23-13(10)14-17-7-18-21-14/h1-4,7,10,13,19H,5-6H2,(H,20,22)(H,17,18,21)/t10-,13+/m0/s1. The molecular formula is C15H14ClN5O2. The molecule has 8 heteroatoms. The van der Waals surface area contributed by atoms with Crippen LogP contribution < -0.4 is 5.32 Å². The van der Waals surface area contributed by atoms with E-state index in [1.807, 2.05) is 24.3 Å². The van der Waals surface area contributed by atoms with Gasteiger partial charge in [-0.05, 0) is 12.5 Å². The van der Waals surface area contributed by atoms with Crippen molar-refractivity contribution >= 4 is 28.4 Å². The first kappa shape index (κ1) is 14.2. The Bertz CT molecular complexity index is 845. The monoisotopic (exact) mass is 331 g/mol. The van der Waals surface area contributed by atoms with Crippen molar-refractivity contribution in [2.45, 2.75) is 18.6 Å². The Labute approximate surface area is 136 Å². The number of hydrogen-bond acceptors (Lipinski definition) is 4. The summed E-state index contributed by atoms with van der Waals surface area (Å²) in [5, 5.41) is 10.8. The maximum Gasteiger partial charge on any atom is 0.269 e. The van der Waals surface area contributed by atoms with E-state index in [-0.39, 0.29) is 18.1 Å². The molecule has 0 spiro atoms. The van der Waals surface area contributed by atoms with Crippen LogP contribution in [0.3, 0.4) is 0 Å². The fourth-order valence-electron chi connectivity index (χ4n) is 2.86.